The molecular weight excluding hydrogens is 470 g/mol. The second-order valence-corrected chi connectivity index (χ2v) is 6.94. The quantitative estimate of drug-likeness (QED) is 0.312. The van der Waals surface area contributed by atoms with Gasteiger partial charge in [0.2, 0.25) is 5.91 Å². The molecule has 152 valence electrons. The van der Waals surface area contributed by atoms with Crippen LogP contribution in [0.3, 0.4) is 0 Å². The molecule has 0 heterocycles. The van der Waals surface area contributed by atoms with Crippen LogP contribution in [-0.2, 0) is 16.8 Å². The molecule has 0 aromatic heterocycles. The van der Waals surface area contributed by atoms with Crippen molar-refractivity contribution in [3.05, 3.63) is 71.5 Å². The summed E-state index contributed by atoms with van der Waals surface area (Å²) < 4.78 is 13.5. The molecule has 0 aliphatic heterocycles. The molecule has 0 unspecified atom stereocenters. The highest BCUT2D eigenvalue weighted by Crippen LogP contribution is 2.22. The molecule has 0 aliphatic rings. The van der Waals surface area contributed by atoms with Crippen molar-refractivity contribution in [3.8, 4) is 0 Å². The van der Waals surface area contributed by atoms with Gasteiger partial charge in [0.05, 0.1) is 6.54 Å². The minimum atomic E-state index is -0.296. The van der Waals surface area contributed by atoms with E-state index in [4.69, 9.17) is 0 Å². The van der Waals surface area contributed by atoms with Crippen molar-refractivity contribution in [2.75, 3.05) is 20.1 Å². The van der Waals surface area contributed by atoms with Gasteiger partial charge >= 0.3 is 0 Å². The van der Waals surface area contributed by atoms with E-state index in [0.29, 0.717) is 19.0 Å². The number of nitrogens with one attached hydrogen (secondary N) is 3. The SMILES string of the molecule is CN=C(NCC(=O)NCc1ccccc1)NCC(C)(C)c1cccc(F)c1.I. The van der Waals surface area contributed by atoms with Gasteiger partial charge in [0.1, 0.15) is 5.82 Å². The maximum Gasteiger partial charge on any atom is 0.239 e. The molecule has 2 aromatic rings. The summed E-state index contributed by atoms with van der Waals surface area (Å²) in [7, 11) is 1.65. The summed E-state index contributed by atoms with van der Waals surface area (Å²) in [6.45, 7) is 5.19. The van der Waals surface area contributed by atoms with Crippen LogP contribution < -0.4 is 16.0 Å². The van der Waals surface area contributed by atoms with Crippen LogP contribution in [0.1, 0.15) is 25.0 Å². The standard InChI is InChI=1S/C21H27FN4O.HI/c1-21(2,17-10-7-11-18(22)12-17)15-26-20(23-3)25-14-19(27)24-13-16-8-5-4-6-9-16;/h4-12H,13-15H2,1-3H3,(H,24,27)(H2,23,25,26);1H. The lowest BCUT2D eigenvalue weighted by molar-refractivity contribution is -0.120. The third kappa shape index (κ3) is 7.84. The number of carbonyl (C=O) groups excluding carboxylic acids is 1. The highest BCUT2D eigenvalue weighted by Gasteiger charge is 2.21. The van der Waals surface area contributed by atoms with E-state index in [0.717, 1.165) is 11.1 Å². The number of rotatable bonds is 7. The molecule has 0 spiro atoms. The van der Waals surface area contributed by atoms with Gasteiger partial charge in [0.25, 0.3) is 0 Å². The largest absolute Gasteiger partial charge is 0.356 e. The molecule has 3 N–H and O–H groups in total. The van der Waals surface area contributed by atoms with Crippen LogP contribution in [0.4, 0.5) is 4.39 Å². The molecule has 0 radical (unpaired) electrons. The zero-order chi connectivity index (χ0) is 19.7. The van der Waals surface area contributed by atoms with E-state index in [1.54, 1.807) is 13.1 Å². The van der Waals surface area contributed by atoms with Crippen LogP contribution in [0.2, 0.25) is 0 Å². The lowest BCUT2D eigenvalue weighted by Crippen LogP contribution is -2.46. The Morgan fingerprint density at radius 1 is 1.04 bits per heavy atom. The second kappa shape index (κ2) is 11.6. The number of aliphatic imine (C=N–C) groups is 1. The van der Waals surface area contributed by atoms with Crippen molar-refractivity contribution in [2.24, 2.45) is 4.99 Å². The Bertz CT molecular complexity index is 781. The molecule has 7 heteroatoms. The summed E-state index contributed by atoms with van der Waals surface area (Å²) in [6, 6.07) is 16.3. The van der Waals surface area contributed by atoms with Gasteiger partial charge in [-0.05, 0) is 23.3 Å². The zero-order valence-corrected chi connectivity index (χ0v) is 18.8. The predicted octanol–water partition coefficient (Wildman–Crippen LogP) is 3.20. The van der Waals surface area contributed by atoms with Crippen LogP contribution in [0.15, 0.2) is 59.6 Å². The first-order valence-electron chi connectivity index (χ1n) is 8.92. The first-order valence-corrected chi connectivity index (χ1v) is 8.92. The van der Waals surface area contributed by atoms with E-state index in [1.165, 1.54) is 12.1 Å². The number of nitrogens with zero attached hydrogens (tertiary/aromatic N) is 1. The highest BCUT2D eigenvalue weighted by atomic mass is 127. The van der Waals surface area contributed by atoms with Crippen molar-refractivity contribution in [1.82, 2.24) is 16.0 Å². The molecule has 28 heavy (non-hydrogen) atoms. The summed E-state index contributed by atoms with van der Waals surface area (Å²) in [5.74, 6) is 0.152. The van der Waals surface area contributed by atoms with E-state index < -0.39 is 0 Å². The third-order valence-corrected chi connectivity index (χ3v) is 4.28. The number of benzene rings is 2. The molecule has 2 rings (SSSR count). The van der Waals surface area contributed by atoms with Gasteiger partial charge in [0, 0.05) is 25.6 Å². The fourth-order valence-electron chi connectivity index (χ4n) is 2.56. The first-order chi connectivity index (χ1) is 12.9. The van der Waals surface area contributed by atoms with Crippen molar-refractivity contribution in [3.63, 3.8) is 0 Å². The Hall–Kier alpha value is -2.16. The number of carbonyl (C=O) groups is 1. The molecular formula is C21H28FIN4O. The number of hydrogen-bond acceptors (Lipinski definition) is 2. The van der Waals surface area contributed by atoms with Gasteiger partial charge in [0.15, 0.2) is 5.96 Å². The lowest BCUT2D eigenvalue weighted by atomic mass is 9.84. The summed E-state index contributed by atoms with van der Waals surface area (Å²) >= 11 is 0. The van der Waals surface area contributed by atoms with Crippen LogP contribution in [0.5, 0.6) is 0 Å². The molecule has 0 atom stereocenters. The number of amides is 1. The highest BCUT2D eigenvalue weighted by molar-refractivity contribution is 14.0. The van der Waals surface area contributed by atoms with Crippen LogP contribution in [0, 0.1) is 5.82 Å². The lowest BCUT2D eigenvalue weighted by Gasteiger charge is -2.26. The average Bonchev–Trinajstić information content (AvgIpc) is 2.67. The molecule has 1 amide bonds. The van der Waals surface area contributed by atoms with Crippen molar-refractivity contribution >= 4 is 35.8 Å². The fourth-order valence-corrected chi connectivity index (χ4v) is 2.56. The van der Waals surface area contributed by atoms with Crippen molar-refractivity contribution in [1.29, 1.82) is 0 Å². The van der Waals surface area contributed by atoms with Crippen molar-refractivity contribution < 1.29 is 9.18 Å². The minimum absolute atomic E-state index is 0. The molecule has 0 bridgehead atoms. The summed E-state index contributed by atoms with van der Waals surface area (Å²) in [4.78, 5) is 16.1. The molecule has 0 saturated carbocycles. The Morgan fingerprint density at radius 2 is 1.75 bits per heavy atom. The molecule has 5 nitrogen and oxygen atoms in total. The van der Waals surface area contributed by atoms with E-state index in [1.807, 2.05) is 50.2 Å². The van der Waals surface area contributed by atoms with E-state index >= 15 is 0 Å². The normalized spacial score (nSPS) is 11.4. The van der Waals surface area contributed by atoms with Gasteiger partial charge < -0.3 is 16.0 Å². The smallest absolute Gasteiger partial charge is 0.239 e. The Morgan fingerprint density at radius 3 is 2.39 bits per heavy atom. The summed E-state index contributed by atoms with van der Waals surface area (Å²) in [5, 5.41) is 9.04. The minimum Gasteiger partial charge on any atom is -0.356 e. The van der Waals surface area contributed by atoms with Crippen LogP contribution in [0.25, 0.3) is 0 Å². The monoisotopic (exact) mass is 498 g/mol. The number of guanidine groups is 1. The number of halogens is 2. The molecule has 0 saturated heterocycles. The van der Waals surface area contributed by atoms with Gasteiger partial charge in [-0.25, -0.2) is 4.39 Å². The van der Waals surface area contributed by atoms with Crippen LogP contribution in [-0.4, -0.2) is 32.0 Å². The molecule has 2 aromatic carbocycles. The number of hydrogen-bond donors (Lipinski definition) is 3. The zero-order valence-electron chi connectivity index (χ0n) is 16.5. The summed E-state index contributed by atoms with van der Waals surface area (Å²) in [5.41, 5.74) is 1.64. The van der Waals surface area contributed by atoms with Gasteiger partial charge in [-0.1, -0.05) is 56.3 Å². The first kappa shape index (κ1) is 23.9. The summed E-state index contributed by atoms with van der Waals surface area (Å²) in [6.07, 6.45) is 0. The second-order valence-electron chi connectivity index (χ2n) is 6.94. The topological polar surface area (TPSA) is 65.5 Å². The third-order valence-electron chi connectivity index (χ3n) is 4.28. The van der Waals surface area contributed by atoms with Gasteiger partial charge in [-0.15, -0.1) is 24.0 Å². The molecule has 0 aliphatic carbocycles. The Labute approximate surface area is 183 Å². The Kier molecular flexibility index (Phi) is 9.92. The maximum absolute atomic E-state index is 13.5. The molecule has 0 fully saturated rings. The van der Waals surface area contributed by atoms with Gasteiger partial charge in [-0.2, -0.15) is 0 Å². The van der Waals surface area contributed by atoms with E-state index in [9.17, 15) is 9.18 Å². The Balaban J connectivity index is 0.00000392. The van der Waals surface area contributed by atoms with Gasteiger partial charge in [-0.3, -0.25) is 9.79 Å². The van der Waals surface area contributed by atoms with E-state index in [-0.39, 0.29) is 47.7 Å². The average molecular weight is 498 g/mol. The van der Waals surface area contributed by atoms with Crippen LogP contribution >= 0.6 is 24.0 Å². The predicted molar refractivity (Wildman–Crippen MR) is 122 cm³/mol. The van der Waals surface area contributed by atoms with E-state index in [2.05, 4.69) is 20.9 Å². The fraction of sp³-hybridized carbons (Fsp3) is 0.333. The van der Waals surface area contributed by atoms with Crippen molar-refractivity contribution in [2.45, 2.75) is 25.8 Å². The maximum atomic E-state index is 13.5.